The Hall–Kier alpha value is -2.63. The monoisotopic (exact) mass is 329 g/mol. The molecule has 1 aromatic carbocycles. The van der Waals surface area contributed by atoms with Crippen molar-refractivity contribution in [3.63, 3.8) is 0 Å². The highest BCUT2D eigenvalue weighted by atomic mass is 19.1. The average Bonchev–Trinajstić information content (AvgIpc) is 2.74. The first-order valence-electron chi connectivity index (χ1n) is 7.86. The van der Waals surface area contributed by atoms with Crippen molar-refractivity contribution in [2.75, 3.05) is 5.32 Å². The molecular formula is C18H20FN3O2. The smallest absolute Gasteiger partial charge is 0.272 e. The lowest BCUT2D eigenvalue weighted by atomic mass is 9.96. The number of benzene rings is 1. The van der Waals surface area contributed by atoms with Crippen LogP contribution in [-0.4, -0.2) is 22.4 Å². The van der Waals surface area contributed by atoms with Gasteiger partial charge in [-0.3, -0.25) is 9.59 Å². The van der Waals surface area contributed by atoms with Crippen molar-refractivity contribution in [3.05, 3.63) is 52.1 Å². The molecule has 0 saturated heterocycles. The fraction of sp³-hybridized carbons (Fsp3) is 0.333. The fourth-order valence-electron chi connectivity index (χ4n) is 3.23. The zero-order valence-corrected chi connectivity index (χ0v) is 14.2. The molecule has 2 N–H and O–H groups in total. The lowest BCUT2D eigenvalue weighted by Gasteiger charge is -2.21. The van der Waals surface area contributed by atoms with E-state index >= 15 is 0 Å². The Bertz CT molecular complexity index is 854. The number of fused-ring (bicyclic) bond motifs is 1. The molecule has 2 aromatic rings. The van der Waals surface area contributed by atoms with Crippen LogP contribution in [0.2, 0.25) is 0 Å². The van der Waals surface area contributed by atoms with Crippen molar-refractivity contribution in [2.24, 2.45) is 7.05 Å². The molecule has 2 amide bonds. The molecule has 0 saturated carbocycles. The molecule has 126 valence electrons. The van der Waals surface area contributed by atoms with Gasteiger partial charge in [0.1, 0.15) is 11.5 Å². The summed E-state index contributed by atoms with van der Waals surface area (Å²) in [6.45, 7) is 5.38. The maximum absolute atomic E-state index is 13.4. The van der Waals surface area contributed by atoms with Gasteiger partial charge in [-0.2, -0.15) is 0 Å². The molecule has 0 unspecified atom stereocenters. The highest BCUT2D eigenvalue weighted by Gasteiger charge is 2.32. The topological polar surface area (TPSA) is 63.1 Å². The Morgan fingerprint density at radius 2 is 2.08 bits per heavy atom. The summed E-state index contributed by atoms with van der Waals surface area (Å²) in [5.41, 5.74) is 3.57. The van der Waals surface area contributed by atoms with E-state index < -0.39 is 0 Å². The number of aryl methyl sites for hydroxylation is 1. The van der Waals surface area contributed by atoms with E-state index in [1.807, 2.05) is 13.8 Å². The highest BCUT2D eigenvalue weighted by molar-refractivity contribution is 6.08. The minimum absolute atomic E-state index is 0.0218. The molecule has 0 fully saturated rings. The van der Waals surface area contributed by atoms with Crippen molar-refractivity contribution >= 4 is 17.5 Å². The Balaban J connectivity index is 2.00. The average molecular weight is 329 g/mol. The van der Waals surface area contributed by atoms with Crippen molar-refractivity contribution in [1.82, 2.24) is 9.88 Å². The number of aromatic nitrogens is 1. The van der Waals surface area contributed by atoms with Crippen LogP contribution in [0.3, 0.4) is 0 Å². The molecule has 5 nitrogen and oxygen atoms in total. The van der Waals surface area contributed by atoms with Crippen molar-refractivity contribution in [3.8, 4) is 0 Å². The van der Waals surface area contributed by atoms with Gasteiger partial charge in [0.15, 0.2) is 0 Å². The Morgan fingerprint density at radius 3 is 2.75 bits per heavy atom. The van der Waals surface area contributed by atoms with Crippen molar-refractivity contribution in [1.29, 1.82) is 0 Å². The van der Waals surface area contributed by atoms with E-state index in [4.69, 9.17) is 0 Å². The van der Waals surface area contributed by atoms with Gasteiger partial charge in [-0.1, -0.05) is 0 Å². The number of carbonyl (C=O) groups is 2. The molecule has 3 rings (SSSR count). The van der Waals surface area contributed by atoms with E-state index in [9.17, 15) is 14.0 Å². The number of carbonyl (C=O) groups excluding carboxylic acids is 2. The first kappa shape index (κ1) is 16.2. The summed E-state index contributed by atoms with van der Waals surface area (Å²) in [5, 5.41) is 5.70. The first-order chi connectivity index (χ1) is 11.3. The standard InChI is InChI=1S/C18H20FN3O2/c1-9-7-12(5-6-14(9)19)21-18(24)16-13-8-10(2)20-17(23)15(13)11(3)22(16)4/h5-7,10H,8H2,1-4H3,(H,20,23)(H,21,24)/t10-/m0/s1. The van der Waals surface area contributed by atoms with Gasteiger partial charge < -0.3 is 15.2 Å². The summed E-state index contributed by atoms with van der Waals surface area (Å²) in [6.07, 6.45) is 0.605. The predicted octanol–water partition coefficient (Wildman–Crippen LogP) is 2.71. The number of nitrogens with one attached hydrogen (secondary N) is 2. The van der Waals surface area contributed by atoms with Crippen LogP contribution in [-0.2, 0) is 13.5 Å². The van der Waals surface area contributed by atoms with E-state index in [2.05, 4.69) is 10.6 Å². The van der Waals surface area contributed by atoms with Crippen LogP contribution in [0.5, 0.6) is 0 Å². The lowest BCUT2D eigenvalue weighted by Crippen LogP contribution is -2.39. The molecule has 1 atom stereocenters. The number of anilines is 1. The lowest BCUT2D eigenvalue weighted by molar-refractivity contribution is 0.0929. The van der Waals surface area contributed by atoms with Gasteiger partial charge in [0.25, 0.3) is 11.8 Å². The van der Waals surface area contributed by atoms with Crippen LogP contribution in [0.1, 0.15) is 44.6 Å². The third kappa shape index (κ3) is 2.58. The van der Waals surface area contributed by atoms with E-state index in [0.717, 1.165) is 11.3 Å². The van der Waals surface area contributed by atoms with Gasteiger partial charge in [0.05, 0.1) is 5.56 Å². The van der Waals surface area contributed by atoms with Crippen LogP contribution in [0.15, 0.2) is 18.2 Å². The summed E-state index contributed by atoms with van der Waals surface area (Å²) < 4.78 is 15.1. The SMILES string of the molecule is Cc1cc(NC(=O)c2c3c(c(C)n2C)C(=O)N[C@@H](C)C3)ccc1F. The van der Waals surface area contributed by atoms with E-state index in [1.165, 1.54) is 12.1 Å². The van der Waals surface area contributed by atoms with Gasteiger partial charge in [-0.25, -0.2) is 4.39 Å². The van der Waals surface area contributed by atoms with Crippen LogP contribution < -0.4 is 10.6 Å². The van der Waals surface area contributed by atoms with Gasteiger partial charge in [0, 0.05) is 24.5 Å². The number of hydrogen-bond donors (Lipinski definition) is 2. The molecule has 0 spiro atoms. The number of halogens is 1. The molecule has 0 bridgehead atoms. The summed E-state index contributed by atoms with van der Waals surface area (Å²) >= 11 is 0. The quantitative estimate of drug-likeness (QED) is 0.890. The molecule has 24 heavy (non-hydrogen) atoms. The molecule has 0 radical (unpaired) electrons. The molecule has 1 aliphatic heterocycles. The molecule has 2 heterocycles. The summed E-state index contributed by atoms with van der Waals surface area (Å²) in [6, 6.07) is 4.42. The largest absolute Gasteiger partial charge is 0.349 e. The van der Waals surface area contributed by atoms with Crippen molar-refractivity contribution in [2.45, 2.75) is 33.2 Å². The van der Waals surface area contributed by atoms with Gasteiger partial charge in [-0.05, 0) is 56.5 Å². The number of hydrogen-bond acceptors (Lipinski definition) is 2. The third-order valence-corrected chi connectivity index (χ3v) is 4.53. The summed E-state index contributed by atoms with van der Waals surface area (Å²) in [5.74, 6) is -0.756. The van der Waals surface area contributed by atoms with Crippen LogP contribution >= 0.6 is 0 Å². The number of amides is 2. The highest BCUT2D eigenvalue weighted by Crippen LogP contribution is 2.27. The maximum Gasteiger partial charge on any atom is 0.272 e. The minimum Gasteiger partial charge on any atom is -0.349 e. The van der Waals surface area contributed by atoms with Crippen LogP contribution in [0.25, 0.3) is 0 Å². The summed E-state index contributed by atoms with van der Waals surface area (Å²) in [4.78, 5) is 25.0. The number of rotatable bonds is 2. The van der Waals surface area contributed by atoms with Gasteiger partial charge in [0.2, 0.25) is 0 Å². The van der Waals surface area contributed by atoms with E-state index in [0.29, 0.717) is 28.9 Å². The second-order valence-corrected chi connectivity index (χ2v) is 6.34. The zero-order chi connectivity index (χ0) is 17.6. The summed E-state index contributed by atoms with van der Waals surface area (Å²) in [7, 11) is 1.77. The fourth-order valence-corrected chi connectivity index (χ4v) is 3.23. The molecule has 1 aliphatic rings. The Kier molecular flexibility index (Phi) is 3.91. The molecule has 6 heteroatoms. The zero-order valence-electron chi connectivity index (χ0n) is 14.2. The first-order valence-corrected chi connectivity index (χ1v) is 7.86. The molecular weight excluding hydrogens is 309 g/mol. The Morgan fingerprint density at radius 1 is 1.38 bits per heavy atom. The maximum atomic E-state index is 13.4. The van der Waals surface area contributed by atoms with Crippen LogP contribution in [0, 0.1) is 19.7 Å². The molecule has 1 aromatic heterocycles. The van der Waals surface area contributed by atoms with Gasteiger partial charge in [-0.15, -0.1) is 0 Å². The second kappa shape index (κ2) is 5.78. The van der Waals surface area contributed by atoms with Crippen LogP contribution in [0.4, 0.5) is 10.1 Å². The van der Waals surface area contributed by atoms with Gasteiger partial charge >= 0.3 is 0 Å². The number of nitrogens with zero attached hydrogens (tertiary/aromatic N) is 1. The predicted molar refractivity (Wildman–Crippen MR) is 89.9 cm³/mol. The van der Waals surface area contributed by atoms with E-state index in [-0.39, 0.29) is 23.7 Å². The van der Waals surface area contributed by atoms with Crippen molar-refractivity contribution < 1.29 is 14.0 Å². The molecule has 0 aliphatic carbocycles. The second-order valence-electron chi connectivity index (χ2n) is 6.34. The van der Waals surface area contributed by atoms with E-state index in [1.54, 1.807) is 24.6 Å². The minimum atomic E-state index is -0.314. The third-order valence-electron chi connectivity index (χ3n) is 4.53. The normalized spacial score (nSPS) is 16.5. The Labute approximate surface area is 139 Å².